The van der Waals surface area contributed by atoms with Crippen LogP contribution in [0.25, 0.3) is 0 Å². The number of carboxylic acid groups (broad SMARTS) is 1. The van der Waals surface area contributed by atoms with Crippen LogP contribution in [0, 0.1) is 0 Å². The van der Waals surface area contributed by atoms with Gasteiger partial charge in [-0.25, -0.2) is 9.78 Å². The number of rotatable bonds is 6. The van der Waals surface area contributed by atoms with E-state index in [1.165, 1.54) is 12.4 Å². The molecule has 11 heteroatoms. The van der Waals surface area contributed by atoms with Crippen LogP contribution in [0.3, 0.4) is 0 Å². The second kappa shape index (κ2) is 7.54. The lowest BCUT2D eigenvalue weighted by Crippen LogP contribution is -2.53. The molecule has 1 aliphatic heterocycles. The van der Waals surface area contributed by atoms with E-state index in [1.807, 2.05) is 0 Å². The third-order valence-corrected chi connectivity index (χ3v) is 3.96. The molecule has 0 bridgehead atoms. The van der Waals surface area contributed by atoms with Crippen LogP contribution in [0.1, 0.15) is 21.7 Å². The van der Waals surface area contributed by atoms with Crippen molar-refractivity contribution in [2.75, 3.05) is 6.54 Å². The predicted octanol–water partition coefficient (Wildman–Crippen LogP) is -1.38. The first-order valence-electron chi connectivity index (χ1n) is 8.05. The number of fused-ring (bicyclic) bond motifs is 1. The summed E-state index contributed by atoms with van der Waals surface area (Å²) in [5.74, 6) is -1.75. The second-order valence-corrected chi connectivity index (χ2v) is 5.87. The van der Waals surface area contributed by atoms with Crippen molar-refractivity contribution < 1.29 is 24.4 Å². The number of carboxylic acids is 1. The smallest absolute Gasteiger partial charge is 0.534 e. The molecule has 10 nitrogen and oxygen atoms in total. The van der Waals surface area contributed by atoms with E-state index in [2.05, 4.69) is 15.4 Å². The number of aromatic carboxylic acids is 1. The topological polar surface area (TPSA) is 153 Å². The minimum Gasteiger partial charge on any atom is -0.534 e. The van der Waals surface area contributed by atoms with E-state index >= 15 is 0 Å². The highest BCUT2D eigenvalue weighted by molar-refractivity contribution is 6.47. The van der Waals surface area contributed by atoms with Crippen molar-refractivity contribution in [2.24, 2.45) is 5.73 Å². The molecule has 0 saturated heterocycles. The van der Waals surface area contributed by atoms with Crippen LogP contribution in [-0.4, -0.2) is 56.4 Å². The molecule has 1 aromatic heterocycles. The lowest BCUT2D eigenvalue weighted by atomic mass is 9.72. The number of hydrogen-bond donors (Lipinski definition) is 4. The molecule has 1 aromatic carbocycles. The Labute approximate surface area is 149 Å². The Bertz CT molecular complexity index is 827. The summed E-state index contributed by atoms with van der Waals surface area (Å²) in [5.41, 5.74) is 6.01. The van der Waals surface area contributed by atoms with Gasteiger partial charge in [-0.1, -0.05) is 12.1 Å². The lowest BCUT2D eigenvalue weighted by molar-refractivity contribution is -0.121. The van der Waals surface area contributed by atoms with Crippen molar-refractivity contribution in [3.63, 3.8) is 0 Å². The molecular formula is C15H18BN5O5. The number of amides is 1. The summed E-state index contributed by atoms with van der Waals surface area (Å²) in [6, 6.07) is 4.69. The predicted molar refractivity (Wildman–Crippen MR) is 90.4 cm³/mol. The molecular weight excluding hydrogens is 341 g/mol. The van der Waals surface area contributed by atoms with Gasteiger partial charge in [0.15, 0.2) is 5.82 Å². The molecule has 3 rings (SSSR count). The number of para-hydroxylation sites is 1. The van der Waals surface area contributed by atoms with E-state index in [1.54, 1.807) is 16.8 Å². The fourth-order valence-corrected chi connectivity index (χ4v) is 2.77. The average molecular weight is 359 g/mol. The third kappa shape index (κ3) is 3.84. The maximum atomic E-state index is 12.2. The first kappa shape index (κ1) is 17.9. The summed E-state index contributed by atoms with van der Waals surface area (Å²) >= 11 is 0. The zero-order valence-electron chi connectivity index (χ0n) is 13.8. The van der Waals surface area contributed by atoms with Gasteiger partial charge in [0.25, 0.3) is 0 Å². The standard InChI is InChI=1S/C15H18BN5O5/c17-4-5-21-8-18-12(20-21)7-13(22)19-11-6-9-2-1-3-10(15(23)24)14(9)26-16(11)25/h1-3,8,11,25H,4-7,17H2,(H,19,22)(H,23,24)/t11-/m0/s1. The molecule has 1 aliphatic rings. The molecule has 0 radical (unpaired) electrons. The van der Waals surface area contributed by atoms with E-state index in [0.717, 1.165) is 0 Å². The summed E-state index contributed by atoms with van der Waals surface area (Å²) in [7, 11) is -1.35. The highest BCUT2D eigenvalue weighted by atomic mass is 16.5. The van der Waals surface area contributed by atoms with Gasteiger partial charge in [-0.05, 0) is 18.1 Å². The number of carbonyl (C=O) groups is 2. The number of nitrogens with one attached hydrogen (secondary N) is 1. The molecule has 2 aromatic rings. The largest absolute Gasteiger partial charge is 0.547 e. The molecule has 1 amide bonds. The van der Waals surface area contributed by atoms with Crippen LogP contribution < -0.4 is 15.7 Å². The Morgan fingerprint density at radius 3 is 3.00 bits per heavy atom. The fraction of sp³-hybridized carbons (Fsp3) is 0.333. The van der Waals surface area contributed by atoms with Crippen molar-refractivity contribution in [2.45, 2.75) is 25.3 Å². The summed E-state index contributed by atoms with van der Waals surface area (Å²) in [6.07, 6.45) is 1.69. The fourth-order valence-electron chi connectivity index (χ4n) is 2.77. The number of nitrogens with two attached hydrogens (primary N) is 1. The van der Waals surface area contributed by atoms with Crippen molar-refractivity contribution in [3.8, 4) is 5.75 Å². The quantitative estimate of drug-likeness (QED) is 0.460. The van der Waals surface area contributed by atoms with Crippen molar-refractivity contribution >= 4 is 19.0 Å². The maximum absolute atomic E-state index is 12.2. The average Bonchev–Trinajstić information content (AvgIpc) is 3.02. The molecule has 0 saturated carbocycles. The maximum Gasteiger partial charge on any atom is 0.547 e. The number of benzene rings is 1. The van der Waals surface area contributed by atoms with E-state index in [4.69, 9.17) is 10.4 Å². The number of nitrogens with zero attached hydrogens (tertiary/aromatic N) is 3. The molecule has 0 spiro atoms. The molecule has 0 unspecified atom stereocenters. The Kier molecular flexibility index (Phi) is 5.19. The Morgan fingerprint density at radius 1 is 1.46 bits per heavy atom. The molecule has 2 heterocycles. The molecule has 26 heavy (non-hydrogen) atoms. The van der Waals surface area contributed by atoms with Gasteiger partial charge < -0.3 is 25.8 Å². The minimum absolute atomic E-state index is 0.0269. The van der Waals surface area contributed by atoms with Crippen LogP contribution in [-0.2, 0) is 24.2 Å². The number of aromatic nitrogens is 3. The number of hydrogen-bond acceptors (Lipinski definition) is 7. The molecule has 0 aliphatic carbocycles. The second-order valence-electron chi connectivity index (χ2n) is 5.87. The zero-order valence-corrected chi connectivity index (χ0v) is 13.8. The van der Waals surface area contributed by atoms with Crippen LogP contribution in [0.2, 0.25) is 0 Å². The summed E-state index contributed by atoms with van der Waals surface area (Å²) in [6.45, 7) is 0.921. The normalized spacial score (nSPS) is 15.9. The molecule has 0 fully saturated rings. The summed E-state index contributed by atoms with van der Waals surface area (Å²) in [5, 5.41) is 26.1. The van der Waals surface area contributed by atoms with Gasteiger partial charge >= 0.3 is 13.1 Å². The summed E-state index contributed by atoms with van der Waals surface area (Å²) in [4.78, 5) is 27.5. The van der Waals surface area contributed by atoms with Crippen LogP contribution in [0.4, 0.5) is 0 Å². The van der Waals surface area contributed by atoms with Gasteiger partial charge in [-0.15, -0.1) is 0 Å². The van der Waals surface area contributed by atoms with Crippen molar-refractivity contribution in [3.05, 3.63) is 41.5 Å². The first-order chi connectivity index (χ1) is 12.5. The van der Waals surface area contributed by atoms with E-state index in [0.29, 0.717) is 24.5 Å². The highest BCUT2D eigenvalue weighted by Crippen LogP contribution is 2.30. The first-order valence-corrected chi connectivity index (χ1v) is 8.05. The molecule has 5 N–H and O–H groups in total. The van der Waals surface area contributed by atoms with Gasteiger partial charge in [0.1, 0.15) is 12.1 Å². The third-order valence-electron chi connectivity index (χ3n) is 3.96. The van der Waals surface area contributed by atoms with Crippen LogP contribution >= 0.6 is 0 Å². The number of carbonyl (C=O) groups excluding carboxylic acids is 1. The lowest BCUT2D eigenvalue weighted by Gasteiger charge is -2.28. The van der Waals surface area contributed by atoms with Crippen molar-refractivity contribution in [1.29, 1.82) is 0 Å². The monoisotopic (exact) mass is 359 g/mol. The van der Waals surface area contributed by atoms with Crippen molar-refractivity contribution in [1.82, 2.24) is 20.1 Å². The Morgan fingerprint density at radius 2 is 2.27 bits per heavy atom. The van der Waals surface area contributed by atoms with Gasteiger partial charge in [-0.3, -0.25) is 9.48 Å². The van der Waals surface area contributed by atoms with Gasteiger partial charge in [0, 0.05) is 6.54 Å². The van der Waals surface area contributed by atoms with E-state index in [9.17, 15) is 19.7 Å². The minimum atomic E-state index is -1.35. The molecule has 1 atom stereocenters. The van der Waals surface area contributed by atoms with Gasteiger partial charge in [0.05, 0.1) is 24.5 Å². The SMILES string of the molecule is NCCn1cnc(CC(=O)N[C@H]2Cc3cccc(C(=O)O)c3OB2O)n1. The van der Waals surface area contributed by atoms with Gasteiger partial charge in [0.2, 0.25) is 5.91 Å². The van der Waals surface area contributed by atoms with E-state index < -0.39 is 19.0 Å². The summed E-state index contributed by atoms with van der Waals surface area (Å²) < 4.78 is 6.88. The molecule has 136 valence electrons. The van der Waals surface area contributed by atoms with Crippen LogP contribution in [0.5, 0.6) is 5.75 Å². The highest BCUT2D eigenvalue weighted by Gasteiger charge is 2.37. The van der Waals surface area contributed by atoms with Gasteiger partial charge in [-0.2, -0.15) is 5.10 Å². The Hall–Kier alpha value is -2.92. The zero-order chi connectivity index (χ0) is 18.7. The Balaban J connectivity index is 1.66. The van der Waals surface area contributed by atoms with Crippen LogP contribution in [0.15, 0.2) is 24.5 Å². The van der Waals surface area contributed by atoms with E-state index in [-0.39, 0.29) is 30.1 Å².